The average Bonchev–Trinajstić information content (AvgIpc) is 2.74. The van der Waals surface area contributed by atoms with E-state index in [9.17, 15) is 4.79 Å². The van der Waals surface area contributed by atoms with E-state index in [2.05, 4.69) is 37.3 Å². The van der Waals surface area contributed by atoms with Crippen LogP contribution in [0.3, 0.4) is 0 Å². The zero-order valence-electron chi connectivity index (χ0n) is 15.5. The number of ether oxygens (including phenoxy) is 1. The largest absolute Gasteiger partial charge is 0.445 e. The number of benzene rings is 3. The molecule has 3 aromatic carbocycles. The van der Waals surface area contributed by atoms with Crippen molar-refractivity contribution < 1.29 is 9.53 Å². The molecule has 0 saturated heterocycles. The lowest BCUT2D eigenvalue weighted by Gasteiger charge is -2.45. The van der Waals surface area contributed by atoms with Crippen molar-refractivity contribution in [3.8, 4) is 0 Å². The molecule has 3 aromatic rings. The van der Waals surface area contributed by atoms with Crippen molar-refractivity contribution in [3.63, 3.8) is 0 Å². The van der Waals surface area contributed by atoms with Gasteiger partial charge in [0.25, 0.3) is 0 Å². The maximum absolute atomic E-state index is 13.1. The fraction of sp³-hybridized carbons (Fsp3) is 0.208. The van der Waals surface area contributed by atoms with Crippen LogP contribution in [0.5, 0.6) is 0 Å². The molecule has 0 bridgehead atoms. The third-order valence-electron chi connectivity index (χ3n) is 5.45. The smallest absolute Gasteiger partial charge is 0.411 e. The van der Waals surface area contributed by atoms with Crippen LogP contribution in [0.25, 0.3) is 0 Å². The Morgan fingerprint density at radius 1 is 0.926 bits per heavy atom. The molecule has 1 aliphatic rings. The average molecular weight is 357 g/mol. The van der Waals surface area contributed by atoms with E-state index >= 15 is 0 Å². The minimum absolute atomic E-state index is 0.278. The van der Waals surface area contributed by atoms with E-state index in [0.717, 1.165) is 17.5 Å². The third kappa shape index (κ3) is 3.21. The summed E-state index contributed by atoms with van der Waals surface area (Å²) in [6, 6.07) is 28.4. The lowest BCUT2D eigenvalue weighted by atomic mass is 9.77. The van der Waals surface area contributed by atoms with Gasteiger partial charge in [0.05, 0.1) is 5.54 Å². The molecule has 1 aliphatic heterocycles. The molecule has 0 aliphatic carbocycles. The van der Waals surface area contributed by atoms with Crippen molar-refractivity contribution in [3.05, 3.63) is 107 Å². The van der Waals surface area contributed by atoms with Crippen LogP contribution in [0.1, 0.15) is 29.2 Å². The summed E-state index contributed by atoms with van der Waals surface area (Å²) in [6.07, 6.45) is 0.554. The van der Waals surface area contributed by atoms with Gasteiger partial charge in [-0.2, -0.15) is 0 Å². The number of nitrogens with zero attached hydrogens (tertiary/aromatic N) is 1. The van der Waals surface area contributed by atoms with Crippen molar-refractivity contribution in [1.29, 1.82) is 0 Å². The number of carbonyl (C=O) groups is 1. The van der Waals surface area contributed by atoms with Gasteiger partial charge in [-0.05, 0) is 35.6 Å². The fourth-order valence-electron chi connectivity index (χ4n) is 3.96. The summed E-state index contributed by atoms with van der Waals surface area (Å²) in [4.78, 5) is 14.9. The summed E-state index contributed by atoms with van der Waals surface area (Å²) in [5, 5.41) is 0. The maximum atomic E-state index is 13.1. The second-order valence-corrected chi connectivity index (χ2v) is 7.04. The topological polar surface area (TPSA) is 29.5 Å². The van der Waals surface area contributed by atoms with Gasteiger partial charge in [0.15, 0.2) is 0 Å². The first-order valence-electron chi connectivity index (χ1n) is 9.32. The fourth-order valence-corrected chi connectivity index (χ4v) is 3.96. The van der Waals surface area contributed by atoms with Gasteiger partial charge in [-0.1, -0.05) is 84.9 Å². The lowest BCUT2D eigenvalue weighted by Crippen LogP contribution is -2.52. The van der Waals surface area contributed by atoms with Gasteiger partial charge in [0.2, 0.25) is 0 Å². The molecule has 0 radical (unpaired) electrons. The maximum Gasteiger partial charge on any atom is 0.411 e. The van der Waals surface area contributed by atoms with Crippen LogP contribution in [0.4, 0.5) is 4.79 Å². The molecule has 3 nitrogen and oxygen atoms in total. The monoisotopic (exact) mass is 357 g/mol. The Labute approximate surface area is 160 Å². The van der Waals surface area contributed by atoms with Crippen LogP contribution < -0.4 is 0 Å². The molecular formula is C24H23NO2. The van der Waals surface area contributed by atoms with E-state index in [1.54, 1.807) is 0 Å². The summed E-state index contributed by atoms with van der Waals surface area (Å²) in [5.41, 5.74) is 3.98. The summed E-state index contributed by atoms with van der Waals surface area (Å²) in [7, 11) is 0. The summed E-state index contributed by atoms with van der Waals surface area (Å²) in [6.45, 7) is 3.03. The van der Waals surface area contributed by atoms with E-state index in [-0.39, 0.29) is 12.7 Å². The Balaban J connectivity index is 1.68. The first kappa shape index (κ1) is 17.3. The molecule has 0 saturated carbocycles. The molecule has 0 aromatic heterocycles. The molecule has 136 valence electrons. The Kier molecular flexibility index (Phi) is 4.68. The van der Waals surface area contributed by atoms with Crippen molar-refractivity contribution in [2.24, 2.45) is 0 Å². The zero-order chi connectivity index (χ0) is 18.7. The highest BCUT2D eigenvalue weighted by Crippen LogP contribution is 2.41. The highest BCUT2D eigenvalue weighted by atomic mass is 16.6. The van der Waals surface area contributed by atoms with Crippen LogP contribution >= 0.6 is 0 Å². The minimum atomic E-state index is -0.552. The molecule has 0 N–H and O–H groups in total. The van der Waals surface area contributed by atoms with E-state index in [4.69, 9.17) is 4.74 Å². The van der Waals surface area contributed by atoms with Gasteiger partial charge < -0.3 is 4.74 Å². The van der Waals surface area contributed by atoms with Crippen LogP contribution in [0.2, 0.25) is 0 Å². The van der Waals surface area contributed by atoms with Gasteiger partial charge in [-0.25, -0.2) is 4.79 Å². The van der Waals surface area contributed by atoms with E-state index in [1.165, 1.54) is 11.1 Å². The second kappa shape index (κ2) is 7.28. The van der Waals surface area contributed by atoms with Gasteiger partial charge in [0, 0.05) is 6.54 Å². The molecule has 0 spiro atoms. The first-order chi connectivity index (χ1) is 13.2. The quantitative estimate of drug-likeness (QED) is 0.649. The summed E-state index contributed by atoms with van der Waals surface area (Å²) < 4.78 is 5.69. The number of carbonyl (C=O) groups excluding carboxylic acids is 1. The first-order valence-corrected chi connectivity index (χ1v) is 9.32. The third-order valence-corrected chi connectivity index (χ3v) is 5.45. The van der Waals surface area contributed by atoms with E-state index in [1.807, 2.05) is 59.5 Å². The normalized spacial score (nSPS) is 18.6. The number of amides is 1. The van der Waals surface area contributed by atoms with Crippen molar-refractivity contribution in [2.45, 2.75) is 25.5 Å². The highest BCUT2D eigenvalue weighted by molar-refractivity contribution is 5.71. The lowest BCUT2D eigenvalue weighted by molar-refractivity contribution is 0.0586. The Bertz CT molecular complexity index is 923. The van der Waals surface area contributed by atoms with Gasteiger partial charge in [-0.3, -0.25) is 4.90 Å². The Hall–Kier alpha value is -3.07. The van der Waals surface area contributed by atoms with E-state index < -0.39 is 5.54 Å². The molecular weight excluding hydrogens is 334 g/mol. The van der Waals surface area contributed by atoms with Crippen LogP contribution in [0.15, 0.2) is 84.9 Å². The van der Waals surface area contributed by atoms with Crippen molar-refractivity contribution in [2.75, 3.05) is 6.54 Å². The standard InChI is InChI=1S/C24H23NO2/c1-24(21-13-6-3-7-14-21)22-15-9-8-12-20(22)16-17-25(24)23(26)27-18-19-10-4-2-5-11-19/h2-15H,16-18H2,1H3/t24-/m0/s1. The number of hydrogen-bond acceptors (Lipinski definition) is 2. The Morgan fingerprint density at radius 3 is 2.30 bits per heavy atom. The van der Waals surface area contributed by atoms with Gasteiger partial charge in [-0.15, -0.1) is 0 Å². The molecule has 0 fully saturated rings. The van der Waals surface area contributed by atoms with Crippen LogP contribution in [-0.2, 0) is 23.3 Å². The van der Waals surface area contributed by atoms with E-state index in [0.29, 0.717) is 6.54 Å². The molecule has 27 heavy (non-hydrogen) atoms. The van der Waals surface area contributed by atoms with Gasteiger partial charge in [0.1, 0.15) is 6.61 Å². The molecule has 0 unspecified atom stereocenters. The number of hydrogen-bond donors (Lipinski definition) is 0. The molecule has 1 heterocycles. The predicted octanol–water partition coefficient (Wildman–Crippen LogP) is 5.15. The second-order valence-electron chi connectivity index (χ2n) is 7.04. The number of fused-ring (bicyclic) bond motifs is 1. The summed E-state index contributed by atoms with van der Waals surface area (Å²) in [5.74, 6) is 0. The van der Waals surface area contributed by atoms with Crippen LogP contribution in [0, 0.1) is 0 Å². The molecule has 3 heteroatoms. The van der Waals surface area contributed by atoms with Crippen LogP contribution in [-0.4, -0.2) is 17.5 Å². The number of rotatable bonds is 3. The highest BCUT2D eigenvalue weighted by Gasteiger charge is 2.43. The van der Waals surface area contributed by atoms with Gasteiger partial charge >= 0.3 is 6.09 Å². The zero-order valence-corrected chi connectivity index (χ0v) is 15.5. The van der Waals surface area contributed by atoms with Crippen molar-refractivity contribution >= 4 is 6.09 Å². The van der Waals surface area contributed by atoms with Crippen molar-refractivity contribution in [1.82, 2.24) is 4.90 Å². The Morgan fingerprint density at radius 2 is 1.56 bits per heavy atom. The molecule has 1 amide bonds. The SMILES string of the molecule is C[C@]1(c2ccccc2)c2ccccc2CCN1C(=O)OCc1ccccc1. The minimum Gasteiger partial charge on any atom is -0.445 e. The summed E-state index contributed by atoms with van der Waals surface area (Å²) >= 11 is 0. The molecule has 4 rings (SSSR count). The molecule has 1 atom stereocenters. The predicted molar refractivity (Wildman–Crippen MR) is 106 cm³/mol.